The van der Waals surface area contributed by atoms with E-state index in [-0.39, 0.29) is 5.75 Å². The summed E-state index contributed by atoms with van der Waals surface area (Å²) in [7, 11) is -6.35. The monoisotopic (exact) mass is 396 g/mol. The van der Waals surface area contributed by atoms with Crippen LogP contribution in [0.15, 0.2) is 72.8 Å². The average Bonchev–Trinajstić information content (AvgIpc) is 2.60. The number of rotatable bonds is 5. The van der Waals surface area contributed by atoms with Gasteiger partial charge in [0.05, 0.1) is 0 Å². The highest BCUT2D eigenvalue weighted by molar-refractivity contribution is 8.52. The number of hydrogen-bond acceptors (Lipinski definition) is 3. The molecule has 0 amide bonds. The molecule has 0 aliphatic heterocycles. The molecule has 134 valence electrons. The topological polar surface area (TPSA) is 43.4 Å². The first kappa shape index (κ1) is 18.4. The van der Waals surface area contributed by atoms with E-state index < -0.39 is 34.3 Å². The lowest BCUT2D eigenvalue weighted by atomic mass is 10.3. The zero-order chi connectivity index (χ0) is 18.7. The van der Waals surface area contributed by atoms with Crippen LogP contribution in [0.2, 0.25) is 0 Å². The molecule has 0 aliphatic rings. The standard InChI is InChI=1S/C18H12F3O3PS/c19-13-1-7-16(8-2-13)24-26(22,23)25(17-9-3-14(20)4-10-17)18-11-5-15(21)6-12-18/h1-12H. The van der Waals surface area contributed by atoms with Crippen LogP contribution in [0.4, 0.5) is 13.2 Å². The Bertz CT molecular complexity index is 944. The zero-order valence-corrected chi connectivity index (χ0v) is 14.9. The van der Waals surface area contributed by atoms with Gasteiger partial charge in [-0.15, -0.1) is 0 Å². The Balaban J connectivity index is 2.05. The molecular formula is C18H12F3O3PS. The summed E-state index contributed by atoms with van der Waals surface area (Å²) in [4.78, 5) is 0. The Morgan fingerprint density at radius 3 is 1.35 bits per heavy atom. The zero-order valence-electron chi connectivity index (χ0n) is 13.1. The van der Waals surface area contributed by atoms with E-state index in [9.17, 15) is 21.6 Å². The lowest BCUT2D eigenvalue weighted by molar-refractivity contribution is 0.502. The summed E-state index contributed by atoms with van der Waals surface area (Å²) in [5, 5.41) is 0.630. The summed E-state index contributed by atoms with van der Waals surface area (Å²) in [6, 6.07) is 14.5. The molecule has 3 aromatic rings. The minimum Gasteiger partial charge on any atom is -0.379 e. The lowest BCUT2D eigenvalue weighted by Gasteiger charge is -2.18. The minimum atomic E-state index is -4.22. The summed E-state index contributed by atoms with van der Waals surface area (Å²) in [6.07, 6.45) is 0. The van der Waals surface area contributed by atoms with Crippen LogP contribution in [0.3, 0.4) is 0 Å². The van der Waals surface area contributed by atoms with Crippen LogP contribution in [-0.4, -0.2) is 8.42 Å². The highest BCUT2D eigenvalue weighted by Crippen LogP contribution is 2.42. The van der Waals surface area contributed by atoms with Crippen molar-refractivity contribution in [2.75, 3.05) is 0 Å². The summed E-state index contributed by atoms with van der Waals surface area (Å²) in [6.45, 7) is 0. The third-order valence-electron chi connectivity index (χ3n) is 3.36. The molecule has 0 bridgehead atoms. The van der Waals surface area contributed by atoms with Crippen LogP contribution in [-0.2, 0) is 9.74 Å². The van der Waals surface area contributed by atoms with Gasteiger partial charge in [0.1, 0.15) is 30.3 Å². The first-order valence-electron chi connectivity index (χ1n) is 7.36. The van der Waals surface area contributed by atoms with Crippen LogP contribution in [0.25, 0.3) is 0 Å². The second kappa shape index (κ2) is 7.48. The van der Waals surface area contributed by atoms with E-state index in [4.69, 9.17) is 4.18 Å². The normalized spacial score (nSPS) is 11.5. The molecule has 3 rings (SSSR count). The highest BCUT2D eigenvalue weighted by atomic mass is 32.8. The molecule has 0 aliphatic carbocycles. The third-order valence-corrected chi connectivity index (χ3v) is 8.58. The largest absolute Gasteiger partial charge is 0.379 e. The molecule has 0 saturated heterocycles. The third kappa shape index (κ3) is 4.23. The van der Waals surface area contributed by atoms with E-state index in [1.165, 1.54) is 36.4 Å². The summed E-state index contributed by atoms with van der Waals surface area (Å²) in [5.41, 5.74) is 0. The van der Waals surface area contributed by atoms with Crippen molar-refractivity contribution in [3.05, 3.63) is 90.2 Å². The molecule has 3 nitrogen and oxygen atoms in total. The van der Waals surface area contributed by atoms with Crippen molar-refractivity contribution in [2.24, 2.45) is 0 Å². The smallest absolute Gasteiger partial charge is 0.333 e. The van der Waals surface area contributed by atoms with E-state index >= 15 is 0 Å². The van der Waals surface area contributed by atoms with Crippen molar-refractivity contribution in [3.8, 4) is 5.75 Å². The SMILES string of the molecule is O=S(=O)(Oc1ccc(F)cc1)P(c1ccc(F)cc1)c1ccc(F)cc1. The predicted octanol–water partition coefficient (Wildman–Crippen LogP) is 3.86. The van der Waals surface area contributed by atoms with E-state index in [1.807, 2.05) is 0 Å². The molecule has 0 saturated carbocycles. The van der Waals surface area contributed by atoms with E-state index in [0.29, 0.717) is 10.6 Å². The Kier molecular flexibility index (Phi) is 5.30. The van der Waals surface area contributed by atoms with Crippen LogP contribution in [0.1, 0.15) is 0 Å². The van der Waals surface area contributed by atoms with Gasteiger partial charge in [-0.25, -0.2) is 13.2 Å². The molecule has 0 fully saturated rings. The minimum absolute atomic E-state index is 0.0527. The van der Waals surface area contributed by atoms with Crippen molar-refractivity contribution in [2.45, 2.75) is 0 Å². The molecule has 8 heteroatoms. The molecule has 0 atom stereocenters. The number of halogens is 3. The molecule has 26 heavy (non-hydrogen) atoms. The van der Waals surface area contributed by atoms with Gasteiger partial charge in [0.15, 0.2) is 0 Å². The predicted molar refractivity (Wildman–Crippen MR) is 94.9 cm³/mol. The molecule has 0 heterocycles. The van der Waals surface area contributed by atoms with Crippen molar-refractivity contribution in [1.82, 2.24) is 0 Å². The number of benzene rings is 3. The maximum Gasteiger partial charge on any atom is 0.333 e. The molecule has 0 aromatic heterocycles. The second-order valence-corrected chi connectivity index (χ2v) is 10.3. The fourth-order valence-electron chi connectivity index (χ4n) is 2.21. The summed E-state index contributed by atoms with van der Waals surface area (Å²) < 4.78 is 70.4. The van der Waals surface area contributed by atoms with Gasteiger partial charge < -0.3 is 4.18 Å². The van der Waals surface area contributed by atoms with Gasteiger partial charge in [-0.1, -0.05) is 24.3 Å². The Labute approximate surface area is 149 Å². The first-order valence-corrected chi connectivity index (χ1v) is 10.7. The Morgan fingerprint density at radius 1 is 0.615 bits per heavy atom. The van der Waals surface area contributed by atoms with Crippen molar-refractivity contribution in [1.29, 1.82) is 0 Å². The van der Waals surface area contributed by atoms with Gasteiger partial charge in [-0.3, -0.25) is 0 Å². The Morgan fingerprint density at radius 2 is 0.962 bits per heavy atom. The Hall–Kier alpha value is -2.37. The summed E-state index contributed by atoms with van der Waals surface area (Å²) in [5.74, 6) is -1.61. The van der Waals surface area contributed by atoms with Crippen LogP contribution in [0.5, 0.6) is 5.75 Å². The molecule has 0 N–H and O–H groups in total. The van der Waals surface area contributed by atoms with Crippen molar-refractivity contribution in [3.63, 3.8) is 0 Å². The lowest BCUT2D eigenvalue weighted by Crippen LogP contribution is -2.22. The van der Waals surface area contributed by atoms with Crippen LogP contribution < -0.4 is 14.8 Å². The van der Waals surface area contributed by atoms with Gasteiger partial charge in [0, 0.05) is 0 Å². The quantitative estimate of drug-likeness (QED) is 0.616. The van der Waals surface area contributed by atoms with Crippen molar-refractivity contribution < 1.29 is 25.8 Å². The molecule has 3 aromatic carbocycles. The van der Waals surface area contributed by atoms with E-state index in [2.05, 4.69) is 0 Å². The molecule has 0 spiro atoms. The van der Waals surface area contributed by atoms with Crippen LogP contribution in [0, 0.1) is 17.5 Å². The van der Waals surface area contributed by atoms with Crippen LogP contribution >= 0.6 is 7.12 Å². The van der Waals surface area contributed by atoms with E-state index in [1.54, 1.807) is 0 Å². The van der Waals surface area contributed by atoms with E-state index in [0.717, 1.165) is 36.4 Å². The number of hydrogen-bond donors (Lipinski definition) is 0. The first-order chi connectivity index (χ1) is 12.3. The van der Waals surface area contributed by atoms with Gasteiger partial charge in [-0.05, 0) is 59.1 Å². The van der Waals surface area contributed by atoms with Gasteiger partial charge >= 0.3 is 9.74 Å². The highest BCUT2D eigenvalue weighted by Gasteiger charge is 2.31. The molecular weight excluding hydrogens is 384 g/mol. The van der Waals surface area contributed by atoms with Crippen molar-refractivity contribution >= 4 is 27.5 Å². The van der Waals surface area contributed by atoms with Gasteiger partial charge in [-0.2, -0.15) is 8.42 Å². The molecule has 0 unspecified atom stereocenters. The van der Waals surface area contributed by atoms with Gasteiger partial charge in [0.25, 0.3) is 0 Å². The van der Waals surface area contributed by atoms with Gasteiger partial charge in [0.2, 0.25) is 0 Å². The maximum atomic E-state index is 13.2. The summed E-state index contributed by atoms with van der Waals surface area (Å²) >= 11 is 0. The molecule has 0 radical (unpaired) electrons. The fraction of sp³-hybridized carbons (Fsp3) is 0. The average molecular weight is 396 g/mol. The maximum absolute atomic E-state index is 13.2. The second-order valence-electron chi connectivity index (χ2n) is 5.21. The fourth-order valence-corrected chi connectivity index (χ4v) is 7.05.